The average molecular weight is 696 g/mol. The van der Waals surface area contributed by atoms with Crippen LogP contribution in [0.5, 0.6) is 28.7 Å². The molecule has 4 rings (SSSR count). The number of nitrogens with zero attached hydrogens (tertiary/aromatic N) is 1. The molecule has 2 amide bonds. The number of likely N-dealkylation sites (tertiary alicyclic amines) is 1. The third-order valence-corrected chi connectivity index (χ3v) is 9.21. The zero-order chi connectivity index (χ0) is 36.4. The standard InChI is InChI=1S/C37H49N3O10/c1-22-9-8-12-26(41)11-7-5-6-10-23-17-28(42)34(35(45)33(23)37(46)50-22)27(24-18-29(47-2)36(49-4)30(19-24)48-3)20-32(44)39-25-13-15-40(16-14-25)21-31(38)43/h6,10,17-19,22,25,27,42,45H,5,7-9,11-16,20-21H2,1-4H3,(H2,38,43)(H,39,44). The second-order valence-electron chi connectivity index (χ2n) is 12.9. The maximum Gasteiger partial charge on any atom is 0.342 e. The van der Waals surface area contributed by atoms with Crippen molar-refractivity contribution in [1.82, 2.24) is 10.2 Å². The number of ketones is 1. The summed E-state index contributed by atoms with van der Waals surface area (Å²) in [6, 6.07) is 4.47. The molecule has 272 valence electrons. The minimum atomic E-state index is -0.989. The number of primary amides is 1. The summed E-state index contributed by atoms with van der Waals surface area (Å²) in [5.41, 5.74) is 5.83. The molecule has 50 heavy (non-hydrogen) atoms. The van der Waals surface area contributed by atoms with E-state index in [9.17, 15) is 29.4 Å². The molecule has 0 aromatic heterocycles. The van der Waals surface area contributed by atoms with Crippen LogP contribution in [0.15, 0.2) is 24.3 Å². The molecule has 5 N–H and O–H groups in total. The molecule has 2 aromatic rings. The number of allylic oxidation sites excluding steroid dienone is 1. The first kappa shape index (κ1) is 38.0. The third-order valence-electron chi connectivity index (χ3n) is 9.21. The smallest absolute Gasteiger partial charge is 0.342 e. The van der Waals surface area contributed by atoms with Gasteiger partial charge in [0.15, 0.2) is 11.5 Å². The molecule has 0 radical (unpaired) electrons. The number of Topliss-reactive ketones (excluding diaryl/α,β-unsaturated/α-hetero) is 1. The topological polar surface area (TPSA) is 187 Å². The summed E-state index contributed by atoms with van der Waals surface area (Å²) in [6.45, 7) is 3.04. The van der Waals surface area contributed by atoms with Crippen molar-refractivity contribution in [2.24, 2.45) is 5.73 Å². The van der Waals surface area contributed by atoms with Crippen LogP contribution in [0.4, 0.5) is 0 Å². The second-order valence-corrected chi connectivity index (χ2v) is 12.9. The fraction of sp³-hybridized carbons (Fsp3) is 0.514. The van der Waals surface area contributed by atoms with Crippen molar-refractivity contribution in [3.05, 3.63) is 46.5 Å². The normalized spacial score (nSPS) is 18.7. The number of benzene rings is 2. The van der Waals surface area contributed by atoms with Crippen LogP contribution in [0.3, 0.4) is 0 Å². The number of hydrogen-bond donors (Lipinski definition) is 4. The summed E-state index contributed by atoms with van der Waals surface area (Å²) in [7, 11) is 4.37. The monoisotopic (exact) mass is 695 g/mol. The molecule has 1 fully saturated rings. The van der Waals surface area contributed by atoms with E-state index in [1.807, 2.05) is 4.90 Å². The molecule has 2 aromatic carbocycles. The number of carbonyl (C=O) groups is 4. The first-order valence-electron chi connectivity index (χ1n) is 17.0. The molecule has 0 aliphatic carbocycles. The summed E-state index contributed by atoms with van der Waals surface area (Å²) in [5, 5.41) is 26.6. The van der Waals surface area contributed by atoms with E-state index in [0.29, 0.717) is 87.3 Å². The van der Waals surface area contributed by atoms with Crippen molar-refractivity contribution in [1.29, 1.82) is 0 Å². The molecule has 2 atom stereocenters. The van der Waals surface area contributed by atoms with Gasteiger partial charge in [-0.3, -0.25) is 19.3 Å². The number of methoxy groups -OCH3 is 3. The van der Waals surface area contributed by atoms with Gasteiger partial charge in [-0.25, -0.2) is 4.79 Å². The highest BCUT2D eigenvalue weighted by Gasteiger charge is 2.33. The van der Waals surface area contributed by atoms with Crippen LogP contribution >= 0.6 is 0 Å². The van der Waals surface area contributed by atoms with Gasteiger partial charge in [-0.15, -0.1) is 0 Å². The van der Waals surface area contributed by atoms with Crippen LogP contribution in [0, 0.1) is 0 Å². The van der Waals surface area contributed by atoms with Gasteiger partial charge in [-0.2, -0.15) is 0 Å². The lowest BCUT2D eigenvalue weighted by Crippen LogP contribution is -2.46. The molecule has 1 saturated heterocycles. The Labute approximate surface area is 292 Å². The van der Waals surface area contributed by atoms with Crippen molar-refractivity contribution >= 4 is 29.6 Å². The summed E-state index contributed by atoms with van der Waals surface area (Å²) < 4.78 is 22.4. The highest BCUT2D eigenvalue weighted by atomic mass is 16.5. The van der Waals surface area contributed by atoms with Gasteiger partial charge in [0.1, 0.15) is 22.8 Å². The van der Waals surface area contributed by atoms with E-state index in [2.05, 4.69) is 5.32 Å². The molecule has 2 aliphatic heterocycles. The number of nitrogens with two attached hydrogens (primary N) is 1. The minimum absolute atomic E-state index is 0.0471. The lowest BCUT2D eigenvalue weighted by atomic mass is 9.84. The Bertz CT molecular complexity index is 1560. The first-order chi connectivity index (χ1) is 23.9. The van der Waals surface area contributed by atoms with Crippen molar-refractivity contribution in [2.75, 3.05) is 41.0 Å². The number of carbonyl (C=O) groups excluding carboxylic acids is 4. The molecular weight excluding hydrogens is 646 g/mol. The number of esters is 1. The molecular formula is C37H49N3O10. The zero-order valence-corrected chi connectivity index (χ0v) is 29.3. The van der Waals surface area contributed by atoms with Crippen molar-refractivity contribution < 1.29 is 48.3 Å². The summed E-state index contributed by atoms with van der Waals surface area (Å²) in [4.78, 5) is 53.0. The lowest BCUT2D eigenvalue weighted by Gasteiger charge is -2.32. The summed E-state index contributed by atoms with van der Waals surface area (Å²) >= 11 is 0. The lowest BCUT2D eigenvalue weighted by molar-refractivity contribution is -0.123. The maximum absolute atomic E-state index is 13.7. The number of phenols is 2. The van der Waals surface area contributed by atoms with E-state index >= 15 is 0 Å². The largest absolute Gasteiger partial charge is 0.507 e. The fourth-order valence-electron chi connectivity index (χ4n) is 6.64. The van der Waals surface area contributed by atoms with Gasteiger partial charge in [0, 0.05) is 49.9 Å². The van der Waals surface area contributed by atoms with Crippen LogP contribution in [-0.2, 0) is 19.1 Å². The third kappa shape index (κ3) is 9.68. The van der Waals surface area contributed by atoms with Gasteiger partial charge >= 0.3 is 5.97 Å². The molecule has 0 bridgehead atoms. The number of nitrogens with one attached hydrogen (secondary N) is 1. The molecule has 13 nitrogen and oxygen atoms in total. The number of fused-ring (bicyclic) bond motifs is 1. The van der Waals surface area contributed by atoms with Gasteiger partial charge in [-0.1, -0.05) is 12.2 Å². The van der Waals surface area contributed by atoms with E-state index in [4.69, 9.17) is 24.7 Å². The molecule has 0 saturated carbocycles. The zero-order valence-electron chi connectivity index (χ0n) is 29.3. The Morgan fingerprint density at radius 2 is 1.66 bits per heavy atom. The predicted molar refractivity (Wildman–Crippen MR) is 186 cm³/mol. The van der Waals surface area contributed by atoms with Crippen molar-refractivity contribution in [2.45, 2.75) is 82.8 Å². The van der Waals surface area contributed by atoms with E-state index < -0.39 is 29.6 Å². The molecule has 13 heteroatoms. The number of ether oxygens (including phenoxy) is 4. The number of piperidine rings is 1. The second kappa shape index (κ2) is 17.7. The molecule has 2 heterocycles. The fourth-order valence-corrected chi connectivity index (χ4v) is 6.64. The Balaban J connectivity index is 1.78. The number of rotatable bonds is 10. The van der Waals surface area contributed by atoms with Crippen LogP contribution in [0.2, 0.25) is 0 Å². The number of amides is 2. The summed E-state index contributed by atoms with van der Waals surface area (Å²) in [6.07, 6.45) is 6.88. The SMILES string of the molecule is COc1cc(C(CC(=O)NC2CCN(CC(N)=O)CC2)c2c(O)cc3c(c2O)C(=O)OC(C)CCCC(=O)CCCC=C3)cc(OC)c1OC. The molecule has 0 spiro atoms. The highest BCUT2D eigenvalue weighted by Crippen LogP contribution is 2.47. The van der Waals surface area contributed by atoms with Crippen molar-refractivity contribution in [3.8, 4) is 28.7 Å². The summed E-state index contributed by atoms with van der Waals surface area (Å²) in [5.74, 6) is -2.36. The van der Waals surface area contributed by atoms with Crippen LogP contribution in [-0.4, -0.2) is 91.8 Å². The van der Waals surface area contributed by atoms with Gasteiger partial charge in [0.05, 0.1) is 34.0 Å². The average Bonchev–Trinajstić information content (AvgIpc) is 3.07. The Hall–Kier alpha value is -4.78. The van der Waals surface area contributed by atoms with Crippen molar-refractivity contribution in [3.63, 3.8) is 0 Å². The highest BCUT2D eigenvalue weighted by molar-refractivity contribution is 5.98. The number of hydrogen-bond acceptors (Lipinski definition) is 11. The van der Waals surface area contributed by atoms with Crippen LogP contribution in [0.1, 0.15) is 97.7 Å². The molecule has 2 unspecified atom stereocenters. The van der Waals surface area contributed by atoms with E-state index in [1.165, 1.54) is 27.4 Å². The van der Waals surface area contributed by atoms with Gasteiger partial charge in [0.2, 0.25) is 17.6 Å². The van der Waals surface area contributed by atoms with Gasteiger partial charge in [-0.05, 0) is 74.8 Å². The van der Waals surface area contributed by atoms with Gasteiger partial charge < -0.3 is 40.2 Å². The van der Waals surface area contributed by atoms with Crippen LogP contribution < -0.4 is 25.3 Å². The quantitative estimate of drug-likeness (QED) is 0.261. The maximum atomic E-state index is 13.7. The number of phenolic OH excluding ortho intramolecular Hbond substituents is 2. The van der Waals surface area contributed by atoms with E-state index in [-0.39, 0.29) is 53.1 Å². The van der Waals surface area contributed by atoms with Crippen LogP contribution in [0.25, 0.3) is 6.08 Å². The number of aromatic hydroxyl groups is 2. The number of cyclic esters (lactones) is 1. The minimum Gasteiger partial charge on any atom is -0.507 e. The Morgan fingerprint density at radius 1 is 1.00 bits per heavy atom. The predicted octanol–water partition coefficient (Wildman–Crippen LogP) is 4.19. The Kier molecular flexibility index (Phi) is 13.5. The van der Waals surface area contributed by atoms with E-state index in [1.54, 1.807) is 31.2 Å². The van der Waals surface area contributed by atoms with E-state index in [0.717, 1.165) is 0 Å². The molecule has 2 aliphatic rings. The Morgan fingerprint density at radius 3 is 2.28 bits per heavy atom. The van der Waals surface area contributed by atoms with Gasteiger partial charge in [0.25, 0.3) is 0 Å². The first-order valence-corrected chi connectivity index (χ1v) is 17.0.